The molecule has 7 aromatic rings. The average Bonchev–Trinajstić information content (AvgIpc) is 3.47. The van der Waals surface area contributed by atoms with Gasteiger partial charge in [-0.2, -0.15) is 4.57 Å². The smallest absolute Gasteiger partial charge is 0.295 e. The molecule has 5 heteroatoms. The number of imidazole rings is 1. The number of hydrogen-bond acceptors (Lipinski definition) is 2. The van der Waals surface area contributed by atoms with E-state index in [2.05, 4.69) is 202 Å². The van der Waals surface area contributed by atoms with Crippen LogP contribution in [0.15, 0.2) is 109 Å². The highest BCUT2D eigenvalue weighted by molar-refractivity contribution is 6.98. The molecular formula is C53H56BN2O2+. The zero-order chi connectivity index (χ0) is 41.0. The maximum Gasteiger partial charge on any atom is 0.295 e. The van der Waals surface area contributed by atoms with E-state index in [4.69, 9.17) is 9.47 Å². The summed E-state index contributed by atoms with van der Waals surface area (Å²) in [5.41, 5.74) is 17.1. The van der Waals surface area contributed by atoms with Crippen LogP contribution < -0.4 is 30.4 Å². The molecule has 3 heterocycles. The molecule has 0 spiro atoms. The van der Waals surface area contributed by atoms with Gasteiger partial charge in [0.2, 0.25) is 0 Å². The minimum atomic E-state index is -0.00402. The van der Waals surface area contributed by atoms with Crippen molar-refractivity contribution < 1.29 is 14.0 Å². The van der Waals surface area contributed by atoms with Crippen LogP contribution >= 0.6 is 0 Å². The predicted octanol–water partition coefficient (Wildman–Crippen LogP) is 11.7. The average molecular weight is 764 g/mol. The Kier molecular flexibility index (Phi) is 8.85. The van der Waals surface area contributed by atoms with Gasteiger partial charge in [-0.1, -0.05) is 136 Å². The molecule has 0 amide bonds. The highest BCUT2D eigenvalue weighted by Crippen LogP contribution is 2.42. The van der Waals surface area contributed by atoms with E-state index < -0.39 is 0 Å². The SMILES string of the molecule is Cc1ccc(-c2cc3c4c(c2)Oc2ccc(C(C)(C)C)cc2B4c2cc(C(C)(C)C)ccc2O3)cc1-c1n(-c2c(C(C)C)cccc2C(C)C)c2ccccc2[n+]1C. The Morgan fingerprint density at radius 1 is 0.586 bits per heavy atom. The van der Waals surface area contributed by atoms with E-state index in [1.54, 1.807) is 0 Å². The fraction of sp³-hybridized carbons (Fsp3) is 0.302. The number of ether oxygens (including phenoxy) is 2. The van der Waals surface area contributed by atoms with Gasteiger partial charge in [-0.3, -0.25) is 0 Å². The van der Waals surface area contributed by atoms with Crippen molar-refractivity contribution in [2.45, 2.75) is 98.8 Å². The largest absolute Gasteiger partial charge is 0.458 e. The number of rotatable bonds is 5. The molecule has 0 aliphatic carbocycles. The van der Waals surface area contributed by atoms with Crippen LogP contribution in [0.2, 0.25) is 0 Å². The second-order valence-corrected chi connectivity index (χ2v) is 19.4. The van der Waals surface area contributed by atoms with E-state index in [-0.39, 0.29) is 17.5 Å². The van der Waals surface area contributed by atoms with Crippen LogP contribution in [0.4, 0.5) is 0 Å². The molecule has 0 atom stereocenters. The summed E-state index contributed by atoms with van der Waals surface area (Å²) in [4.78, 5) is 0. The molecule has 1 aromatic heterocycles. The van der Waals surface area contributed by atoms with Crippen molar-refractivity contribution in [3.63, 3.8) is 0 Å². The second-order valence-electron chi connectivity index (χ2n) is 19.4. The summed E-state index contributed by atoms with van der Waals surface area (Å²) in [5, 5.41) is 0. The molecule has 6 aromatic carbocycles. The fourth-order valence-electron chi connectivity index (χ4n) is 9.26. The third-order valence-corrected chi connectivity index (χ3v) is 12.6. The maximum absolute atomic E-state index is 6.92. The van der Waals surface area contributed by atoms with Crippen LogP contribution in [0.5, 0.6) is 23.0 Å². The summed E-state index contributed by atoms with van der Waals surface area (Å²) < 4.78 is 18.8. The molecule has 292 valence electrons. The molecule has 2 aliphatic heterocycles. The number of para-hydroxylation sites is 3. The van der Waals surface area contributed by atoms with Crippen molar-refractivity contribution in [1.82, 2.24) is 4.57 Å². The van der Waals surface area contributed by atoms with Crippen LogP contribution in [0.3, 0.4) is 0 Å². The maximum atomic E-state index is 6.92. The van der Waals surface area contributed by atoms with Crippen molar-refractivity contribution in [1.29, 1.82) is 0 Å². The van der Waals surface area contributed by atoms with E-state index in [1.165, 1.54) is 61.0 Å². The normalized spacial score (nSPS) is 13.4. The molecule has 0 radical (unpaired) electrons. The number of hydrogen-bond donors (Lipinski definition) is 0. The molecule has 0 N–H and O–H groups in total. The Bertz CT molecular complexity index is 2680. The van der Waals surface area contributed by atoms with Gasteiger partial charge < -0.3 is 9.47 Å². The molecule has 4 nitrogen and oxygen atoms in total. The minimum absolute atomic E-state index is 0.00195. The van der Waals surface area contributed by atoms with E-state index in [0.717, 1.165) is 45.4 Å². The number of nitrogens with zero attached hydrogens (tertiary/aromatic N) is 2. The predicted molar refractivity (Wildman–Crippen MR) is 243 cm³/mol. The lowest BCUT2D eigenvalue weighted by atomic mass is 9.34. The molecule has 0 saturated heterocycles. The number of aromatic nitrogens is 2. The number of aryl methyl sites for hydroxylation is 2. The number of benzene rings is 6. The van der Waals surface area contributed by atoms with Gasteiger partial charge in [-0.25, -0.2) is 4.57 Å². The van der Waals surface area contributed by atoms with Crippen LogP contribution in [-0.2, 0) is 17.9 Å². The molecule has 0 unspecified atom stereocenters. The lowest BCUT2D eigenvalue weighted by Crippen LogP contribution is -2.57. The van der Waals surface area contributed by atoms with E-state index >= 15 is 0 Å². The Balaban J connectivity index is 1.26. The van der Waals surface area contributed by atoms with Crippen LogP contribution in [0, 0.1) is 6.92 Å². The second kappa shape index (κ2) is 13.5. The first-order valence-corrected chi connectivity index (χ1v) is 21.1. The van der Waals surface area contributed by atoms with Crippen molar-refractivity contribution in [2.75, 3.05) is 0 Å². The molecule has 9 rings (SSSR count). The van der Waals surface area contributed by atoms with E-state index in [0.29, 0.717) is 11.8 Å². The van der Waals surface area contributed by atoms with E-state index in [1.807, 2.05) is 0 Å². The highest BCUT2D eigenvalue weighted by atomic mass is 16.5. The van der Waals surface area contributed by atoms with Crippen molar-refractivity contribution in [2.24, 2.45) is 7.05 Å². The summed E-state index contributed by atoms with van der Waals surface area (Å²) in [6, 6.07) is 40.6. The summed E-state index contributed by atoms with van der Waals surface area (Å²) in [6.45, 7) is 25.1. The topological polar surface area (TPSA) is 27.3 Å². The monoisotopic (exact) mass is 763 g/mol. The molecular weight excluding hydrogens is 707 g/mol. The van der Waals surface area contributed by atoms with Crippen molar-refractivity contribution in [3.05, 3.63) is 137 Å². The van der Waals surface area contributed by atoms with Crippen LogP contribution in [-0.4, -0.2) is 11.3 Å². The third-order valence-electron chi connectivity index (χ3n) is 12.6. The molecule has 0 bridgehead atoms. The third kappa shape index (κ3) is 6.08. The van der Waals surface area contributed by atoms with Gasteiger partial charge in [0.15, 0.2) is 11.0 Å². The van der Waals surface area contributed by atoms with Gasteiger partial charge in [0, 0.05) is 16.6 Å². The summed E-state index contributed by atoms with van der Waals surface area (Å²) in [6.07, 6.45) is 0. The van der Waals surface area contributed by atoms with E-state index in [9.17, 15) is 0 Å². The zero-order valence-electron chi connectivity index (χ0n) is 36.3. The highest BCUT2D eigenvalue weighted by Gasteiger charge is 2.42. The Morgan fingerprint density at radius 3 is 1.67 bits per heavy atom. The van der Waals surface area contributed by atoms with Gasteiger partial charge in [-0.15, -0.1) is 0 Å². The van der Waals surface area contributed by atoms with Crippen molar-refractivity contribution in [3.8, 4) is 51.2 Å². The molecule has 0 fully saturated rings. The van der Waals surface area contributed by atoms with Gasteiger partial charge >= 0.3 is 0 Å². The lowest BCUT2D eigenvalue weighted by Gasteiger charge is -2.35. The first kappa shape index (κ1) is 38.0. The Morgan fingerprint density at radius 2 is 1.14 bits per heavy atom. The van der Waals surface area contributed by atoms with Crippen LogP contribution in [0.25, 0.3) is 39.2 Å². The first-order valence-electron chi connectivity index (χ1n) is 21.1. The summed E-state index contributed by atoms with van der Waals surface area (Å²) in [7, 11) is 2.21. The summed E-state index contributed by atoms with van der Waals surface area (Å²) >= 11 is 0. The quantitative estimate of drug-likeness (QED) is 0.129. The van der Waals surface area contributed by atoms with Crippen LogP contribution in [0.1, 0.15) is 109 Å². The van der Waals surface area contributed by atoms with Gasteiger partial charge in [0.05, 0.1) is 12.6 Å². The lowest BCUT2D eigenvalue weighted by molar-refractivity contribution is -0.633. The standard InChI is InChI=1S/C53H56BN2O2/c1-31(2)38-16-15-17-39(32(3)4)50(38)56-44-19-14-13-18-43(44)55(12)51(56)40-26-34(21-20-33(40)5)35-27-47-49-48(28-35)58-46-25-23-37(53(9,10)11)30-42(46)54(49)41-29-36(52(6,7)8)22-24-45(41)57-47/h13-32H,1-12H3/q+1. The summed E-state index contributed by atoms with van der Waals surface area (Å²) in [5.74, 6) is 5.40. The molecule has 58 heavy (non-hydrogen) atoms. The zero-order valence-corrected chi connectivity index (χ0v) is 36.3. The Hall–Kier alpha value is -5.55. The first-order chi connectivity index (χ1) is 27.5. The fourth-order valence-corrected chi connectivity index (χ4v) is 9.26. The van der Waals surface area contributed by atoms with Gasteiger partial charge in [0.1, 0.15) is 28.7 Å². The molecule has 0 saturated carbocycles. The van der Waals surface area contributed by atoms with Gasteiger partial charge in [-0.05, 0) is 111 Å². The van der Waals surface area contributed by atoms with Crippen molar-refractivity contribution >= 4 is 34.1 Å². The molecule has 2 aliphatic rings. The Labute approximate surface area is 345 Å². The van der Waals surface area contributed by atoms with Gasteiger partial charge in [0.25, 0.3) is 12.5 Å². The minimum Gasteiger partial charge on any atom is -0.458 e. The number of fused-ring (bicyclic) bond motifs is 5.